The van der Waals surface area contributed by atoms with Gasteiger partial charge in [0.25, 0.3) is 0 Å². The minimum absolute atomic E-state index is 0.0809. The lowest BCUT2D eigenvalue weighted by molar-refractivity contribution is -0.175. The molecule has 1 aliphatic heterocycles. The van der Waals surface area contributed by atoms with Crippen LogP contribution in [-0.4, -0.2) is 42.4 Å². The van der Waals surface area contributed by atoms with E-state index in [0.29, 0.717) is 18.9 Å². The summed E-state index contributed by atoms with van der Waals surface area (Å²) < 4.78 is 11.2. The van der Waals surface area contributed by atoms with Crippen molar-refractivity contribution in [2.45, 2.75) is 51.6 Å². The molecule has 0 bridgehead atoms. The summed E-state index contributed by atoms with van der Waals surface area (Å²) in [7, 11) is 1.61. The van der Waals surface area contributed by atoms with Crippen molar-refractivity contribution in [3.05, 3.63) is 12.2 Å². The molecule has 7 atom stereocenters. The van der Waals surface area contributed by atoms with E-state index < -0.39 is 17.8 Å². The normalized spacial score (nSPS) is 55.5. The molecule has 0 radical (unpaired) electrons. The van der Waals surface area contributed by atoms with E-state index in [9.17, 15) is 10.2 Å². The molecule has 3 aliphatic rings. The molecule has 1 saturated heterocycles. The Morgan fingerprint density at radius 2 is 2.05 bits per heavy atom. The highest BCUT2D eigenvalue weighted by Gasteiger charge is 2.69. The lowest BCUT2D eigenvalue weighted by atomic mass is 9.60. The zero-order valence-electron chi connectivity index (χ0n) is 12.6. The smallest absolute Gasteiger partial charge is 0.169 e. The molecular formula is C16H26O4. The lowest BCUT2D eigenvalue weighted by Crippen LogP contribution is -2.51. The quantitative estimate of drug-likeness (QED) is 0.719. The highest BCUT2D eigenvalue weighted by atomic mass is 16.7. The fourth-order valence-corrected chi connectivity index (χ4v) is 5.04. The van der Waals surface area contributed by atoms with Crippen LogP contribution in [0, 0.1) is 22.7 Å². The van der Waals surface area contributed by atoms with Gasteiger partial charge in [-0.05, 0) is 36.7 Å². The van der Waals surface area contributed by atoms with E-state index >= 15 is 0 Å². The highest BCUT2D eigenvalue weighted by Crippen LogP contribution is 2.66. The monoisotopic (exact) mass is 282 g/mol. The van der Waals surface area contributed by atoms with Gasteiger partial charge in [0.05, 0.1) is 24.2 Å². The van der Waals surface area contributed by atoms with Crippen LogP contribution in [0.1, 0.15) is 33.1 Å². The van der Waals surface area contributed by atoms with E-state index in [2.05, 4.69) is 20.4 Å². The molecular weight excluding hydrogens is 256 g/mol. The van der Waals surface area contributed by atoms with Gasteiger partial charge in [0.15, 0.2) is 6.29 Å². The molecule has 1 unspecified atom stereocenters. The van der Waals surface area contributed by atoms with Gasteiger partial charge >= 0.3 is 0 Å². The van der Waals surface area contributed by atoms with Crippen molar-refractivity contribution in [1.29, 1.82) is 0 Å². The largest absolute Gasteiger partial charge is 0.393 e. The van der Waals surface area contributed by atoms with Crippen molar-refractivity contribution in [3.8, 4) is 0 Å². The Morgan fingerprint density at radius 3 is 2.65 bits per heavy atom. The van der Waals surface area contributed by atoms with E-state index in [1.54, 1.807) is 7.11 Å². The van der Waals surface area contributed by atoms with Gasteiger partial charge in [0.1, 0.15) is 0 Å². The van der Waals surface area contributed by atoms with Gasteiger partial charge in [0, 0.05) is 12.5 Å². The third-order valence-corrected chi connectivity index (χ3v) is 6.56. The molecule has 1 heterocycles. The molecule has 2 saturated carbocycles. The maximum absolute atomic E-state index is 11.2. The summed E-state index contributed by atoms with van der Waals surface area (Å²) in [6.45, 7) is 8.86. The molecule has 0 aromatic rings. The van der Waals surface area contributed by atoms with Gasteiger partial charge in [-0.2, -0.15) is 0 Å². The van der Waals surface area contributed by atoms with Crippen molar-refractivity contribution in [1.82, 2.24) is 0 Å². The second-order valence-corrected chi connectivity index (χ2v) is 7.15. The molecule has 4 heteroatoms. The molecule has 0 amide bonds. The van der Waals surface area contributed by atoms with Crippen molar-refractivity contribution in [2.24, 2.45) is 22.7 Å². The zero-order chi connectivity index (χ0) is 14.7. The summed E-state index contributed by atoms with van der Waals surface area (Å²) >= 11 is 0. The summed E-state index contributed by atoms with van der Waals surface area (Å²) in [6, 6.07) is 0. The third-order valence-electron chi connectivity index (χ3n) is 6.56. The van der Waals surface area contributed by atoms with Gasteiger partial charge in [-0.1, -0.05) is 20.4 Å². The maximum atomic E-state index is 11.2. The Labute approximate surface area is 120 Å². The van der Waals surface area contributed by atoms with Crippen molar-refractivity contribution < 1.29 is 19.7 Å². The van der Waals surface area contributed by atoms with E-state index in [0.717, 1.165) is 18.4 Å². The van der Waals surface area contributed by atoms with Crippen LogP contribution in [0.25, 0.3) is 0 Å². The third kappa shape index (κ3) is 1.51. The van der Waals surface area contributed by atoms with Crippen LogP contribution in [-0.2, 0) is 9.47 Å². The second kappa shape index (κ2) is 4.54. The number of aliphatic hydroxyl groups excluding tert-OH is 2. The first-order valence-corrected chi connectivity index (χ1v) is 7.57. The lowest BCUT2D eigenvalue weighted by Gasteiger charge is -2.47. The second-order valence-electron chi connectivity index (χ2n) is 7.15. The molecule has 4 nitrogen and oxygen atoms in total. The average Bonchev–Trinajstić information content (AvgIpc) is 2.87. The van der Waals surface area contributed by atoms with Gasteiger partial charge in [0.2, 0.25) is 0 Å². The first kappa shape index (κ1) is 14.5. The Bertz CT molecular complexity index is 423. The Morgan fingerprint density at radius 1 is 1.35 bits per heavy atom. The molecule has 20 heavy (non-hydrogen) atoms. The Balaban J connectivity index is 2.06. The first-order valence-electron chi connectivity index (χ1n) is 7.57. The minimum atomic E-state index is -0.579. The number of hydrogen-bond acceptors (Lipinski definition) is 4. The van der Waals surface area contributed by atoms with Crippen LogP contribution >= 0.6 is 0 Å². The number of aliphatic hydroxyl groups is 2. The fraction of sp³-hybridized carbons (Fsp3) is 0.875. The topological polar surface area (TPSA) is 58.9 Å². The summed E-state index contributed by atoms with van der Waals surface area (Å²) in [5.41, 5.74) is 0.0469. The van der Waals surface area contributed by atoms with Crippen molar-refractivity contribution >= 4 is 0 Å². The highest BCUT2D eigenvalue weighted by molar-refractivity contribution is 5.28. The summed E-state index contributed by atoms with van der Waals surface area (Å²) in [4.78, 5) is 0. The molecule has 114 valence electrons. The standard InChI is InChI=1S/C16H26O4/c1-9-5-6-12(17)11-7-16(13(18)15(9,11)3)10(2)8-20-14(16)19-4/h9,11-14,17-18H,2,5-8H2,1,3-4H3/t9?,11-,12+,13-,14-,15+,16-/m1/s1. The molecule has 0 aromatic carbocycles. The number of ether oxygens (including phenoxy) is 2. The maximum Gasteiger partial charge on any atom is 0.169 e. The van der Waals surface area contributed by atoms with E-state index in [-0.39, 0.29) is 17.4 Å². The van der Waals surface area contributed by atoms with Crippen LogP contribution < -0.4 is 0 Å². The average molecular weight is 282 g/mol. The number of fused-ring (bicyclic) bond motifs is 1. The van der Waals surface area contributed by atoms with Gasteiger partial charge in [-0.15, -0.1) is 0 Å². The van der Waals surface area contributed by atoms with Crippen LogP contribution in [0.5, 0.6) is 0 Å². The molecule has 3 rings (SSSR count). The van der Waals surface area contributed by atoms with E-state index in [1.165, 1.54) is 0 Å². The zero-order valence-corrected chi connectivity index (χ0v) is 12.6. The SMILES string of the molecule is C=C1CO[C@@H](OC)[C@]12C[C@@H]1[C@@H](O)CCC(C)[C@]1(C)[C@H]2O. The fourth-order valence-electron chi connectivity index (χ4n) is 5.04. The molecule has 0 aromatic heterocycles. The van der Waals surface area contributed by atoms with Gasteiger partial charge in [-0.3, -0.25) is 0 Å². The Kier molecular flexibility index (Phi) is 3.29. The molecule has 2 aliphatic carbocycles. The number of rotatable bonds is 1. The van der Waals surface area contributed by atoms with Gasteiger partial charge in [-0.25, -0.2) is 0 Å². The first-order chi connectivity index (χ1) is 9.38. The summed E-state index contributed by atoms with van der Waals surface area (Å²) in [6.07, 6.45) is 1.09. The predicted octanol–water partition coefficient (Wildman–Crippen LogP) is 1.71. The molecule has 1 spiro atoms. The molecule has 3 fully saturated rings. The van der Waals surface area contributed by atoms with E-state index in [4.69, 9.17) is 9.47 Å². The van der Waals surface area contributed by atoms with Crippen LogP contribution in [0.3, 0.4) is 0 Å². The Hall–Kier alpha value is -0.420. The van der Waals surface area contributed by atoms with Crippen molar-refractivity contribution in [2.75, 3.05) is 13.7 Å². The van der Waals surface area contributed by atoms with Crippen LogP contribution in [0.15, 0.2) is 12.2 Å². The van der Waals surface area contributed by atoms with Crippen LogP contribution in [0.4, 0.5) is 0 Å². The number of methoxy groups -OCH3 is 1. The van der Waals surface area contributed by atoms with Crippen LogP contribution in [0.2, 0.25) is 0 Å². The summed E-state index contributed by atoms with van der Waals surface area (Å²) in [5.74, 6) is 0.452. The summed E-state index contributed by atoms with van der Waals surface area (Å²) in [5, 5.41) is 21.6. The molecule has 2 N–H and O–H groups in total. The van der Waals surface area contributed by atoms with Crippen molar-refractivity contribution in [3.63, 3.8) is 0 Å². The minimum Gasteiger partial charge on any atom is -0.393 e. The van der Waals surface area contributed by atoms with E-state index in [1.807, 2.05) is 0 Å². The predicted molar refractivity (Wildman–Crippen MR) is 74.9 cm³/mol. The number of hydrogen-bond donors (Lipinski definition) is 2. The van der Waals surface area contributed by atoms with Gasteiger partial charge < -0.3 is 19.7 Å².